The summed E-state index contributed by atoms with van der Waals surface area (Å²) in [5, 5.41) is 11.6. The number of hydrogen-bond acceptors (Lipinski definition) is 3. The summed E-state index contributed by atoms with van der Waals surface area (Å²) < 4.78 is 0.575. The van der Waals surface area contributed by atoms with Crippen molar-refractivity contribution in [3.8, 4) is 0 Å². The number of allylic oxidation sites excluding steroid dienone is 2. The number of hydrogen-bond donors (Lipinski definition) is 2. The number of halogens is 1. The molecule has 0 aliphatic carbocycles. The Morgan fingerprint density at radius 1 is 1.40 bits per heavy atom. The number of carbonyl (C=O) groups excluding carboxylic acids is 1. The van der Waals surface area contributed by atoms with Crippen LogP contribution in [-0.2, 0) is 0 Å². The van der Waals surface area contributed by atoms with Crippen molar-refractivity contribution in [2.24, 2.45) is 4.99 Å². The van der Waals surface area contributed by atoms with E-state index in [0.29, 0.717) is 10.0 Å². The predicted octanol–water partition coefficient (Wildman–Crippen LogP) is 3.00. The summed E-state index contributed by atoms with van der Waals surface area (Å²) in [6.45, 7) is 8.63. The van der Waals surface area contributed by atoms with Crippen LogP contribution < -0.4 is 5.32 Å². The monoisotopic (exact) mass is 336 g/mol. The van der Waals surface area contributed by atoms with Gasteiger partial charge in [-0.1, -0.05) is 28.6 Å². The largest absolute Gasteiger partial charge is 0.478 e. The van der Waals surface area contributed by atoms with E-state index in [1.807, 2.05) is 0 Å². The standard InChI is InChI=1S/C14H13BrN2O3/c1-4-8(2)12(16-3)17-13(18)10-6-5-9(15)7-11(10)14(19)20/h4-7H,1,3H2,2H3,(H,17,18)(H,19,20)/b12-8+. The summed E-state index contributed by atoms with van der Waals surface area (Å²) in [5.74, 6) is -1.52. The highest BCUT2D eigenvalue weighted by Gasteiger charge is 2.17. The maximum atomic E-state index is 12.1. The Balaban J connectivity index is 3.19. The van der Waals surface area contributed by atoms with Crippen LogP contribution in [0, 0.1) is 0 Å². The van der Waals surface area contributed by atoms with Crippen LogP contribution in [0.1, 0.15) is 27.6 Å². The second-order valence-corrected chi connectivity index (χ2v) is 4.76. The molecule has 0 radical (unpaired) electrons. The average molecular weight is 337 g/mol. The minimum Gasteiger partial charge on any atom is -0.478 e. The van der Waals surface area contributed by atoms with E-state index < -0.39 is 11.9 Å². The quantitative estimate of drug-likeness (QED) is 0.640. The van der Waals surface area contributed by atoms with Gasteiger partial charge in [0.2, 0.25) is 0 Å². The molecule has 1 aromatic carbocycles. The number of benzene rings is 1. The summed E-state index contributed by atoms with van der Waals surface area (Å²) in [7, 11) is 0. The van der Waals surface area contributed by atoms with Crippen molar-refractivity contribution in [2.75, 3.05) is 0 Å². The van der Waals surface area contributed by atoms with Crippen LogP contribution in [0.3, 0.4) is 0 Å². The van der Waals surface area contributed by atoms with Gasteiger partial charge in [0.1, 0.15) is 5.82 Å². The van der Waals surface area contributed by atoms with Crippen molar-refractivity contribution >= 4 is 34.5 Å². The molecule has 5 nitrogen and oxygen atoms in total. The fourth-order valence-electron chi connectivity index (χ4n) is 1.43. The van der Waals surface area contributed by atoms with Gasteiger partial charge in [-0.2, -0.15) is 0 Å². The first kappa shape index (κ1) is 15.8. The van der Waals surface area contributed by atoms with Gasteiger partial charge >= 0.3 is 5.97 Å². The van der Waals surface area contributed by atoms with Crippen molar-refractivity contribution in [2.45, 2.75) is 6.92 Å². The van der Waals surface area contributed by atoms with E-state index in [1.54, 1.807) is 13.0 Å². The van der Waals surface area contributed by atoms with Crippen LogP contribution in [0.2, 0.25) is 0 Å². The normalized spacial score (nSPS) is 11.3. The van der Waals surface area contributed by atoms with E-state index in [-0.39, 0.29) is 16.9 Å². The van der Waals surface area contributed by atoms with Crippen LogP contribution in [0.25, 0.3) is 0 Å². The number of carboxylic acid groups (broad SMARTS) is 1. The molecule has 20 heavy (non-hydrogen) atoms. The van der Waals surface area contributed by atoms with E-state index in [9.17, 15) is 9.59 Å². The van der Waals surface area contributed by atoms with Crippen molar-refractivity contribution in [3.05, 3.63) is 57.8 Å². The van der Waals surface area contributed by atoms with Gasteiger partial charge in [-0.15, -0.1) is 0 Å². The van der Waals surface area contributed by atoms with Crippen LogP contribution >= 0.6 is 15.9 Å². The Morgan fingerprint density at radius 3 is 2.55 bits per heavy atom. The molecule has 0 unspecified atom stereocenters. The van der Waals surface area contributed by atoms with Crippen molar-refractivity contribution in [1.82, 2.24) is 5.32 Å². The summed E-state index contributed by atoms with van der Waals surface area (Å²) in [6, 6.07) is 4.38. The third-order valence-electron chi connectivity index (χ3n) is 2.53. The zero-order valence-electron chi connectivity index (χ0n) is 10.8. The molecule has 104 valence electrons. The first-order chi connectivity index (χ1) is 9.40. The molecule has 0 spiro atoms. The van der Waals surface area contributed by atoms with Crippen LogP contribution in [0.4, 0.5) is 0 Å². The highest BCUT2D eigenvalue weighted by atomic mass is 79.9. The number of aromatic carboxylic acids is 1. The molecule has 0 bridgehead atoms. The third kappa shape index (κ3) is 3.64. The van der Waals surface area contributed by atoms with E-state index in [1.165, 1.54) is 18.2 Å². The van der Waals surface area contributed by atoms with Gasteiger partial charge in [-0.3, -0.25) is 4.79 Å². The molecule has 0 saturated carbocycles. The lowest BCUT2D eigenvalue weighted by Gasteiger charge is -2.09. The molecule has 0 aliphatic rings. The first-order valence-electron chi connectivity index (χ1n) is 5.55. The van der Waals surface area contributed by atoms with Gasteiger partial charge in [-0.25, -0.2) is 9.79 Å². The SMILES string of the molecule is C=C/C(C)=C(\N=C)NC(=O)c1ccc(Br)cc1C(=O)O. The van der Waals surface area contributed by atoms with Gasteiger partial charge < -0.3 is 10.4 Å². The lowest BCUT2D eigenvalue weighted by molar-refractivity contribution is 0.0691. The number of rotatable bonds is 5. The zero-order chi connectivity index (χ0) is 15.3. The van der Waals surface area contributed by atoms with Gasteiger partial charge in [0.15, 0.2) is 0 Å². The summed E-state index contributed by atoms with van der Waals surface area (Å²) in [6.07, 6.45) is 1.52. The molecular formula is C14H13BrN2O3. The Labute approximate surface area is 124 Å². The molecule has 2 N–H and O–H groups in total. The third-order valence-corrected chi connectivity index (χ3v) is 3.02. The van der Waals surface area contributed by atoms with Crippen molar-refractivity contribution < 1.29 is 14.7 Å². The first-order valence-corrected chi connectivity index (χ1v) is 6.34. The second-order valence-electron chi connectivity index (χ2n) is 3.84. The smallest absolute Gasteiger partial charge is 0.336 e. The molecule has 1 rings (SSSR count). The second kappa shape index (κ2) is 6.81. The minimum atomic E-state index is -1.19. The number of nitrogens with zero attached hydrogens (tertiary/aromatic N) is 1. The van der Waals surface area contributed by atoms with E-state index >= 15 is 0 Å². The zero-order valence-corrected chi connectivity index (χ0v) is 12.4. The highest BCUT2D eigenvalue weighted by Crippen LogP contribution is 2.17. The predicted molar refractivity (Wildman–Crippen MR) is 81.0 cm³/mol. The number of nitrogens with one attached hydrogen (secondary N) is 1. The maximum Gasteiger partial charge on any atom is 0.336 e. The molecule has 0 atom stereocenters. The average Bonchev–Trinajstić information content (AvgIpc) is 2.43. The molecule has 0 aromatic heterocycles. The minimum absolute atomic E-state index is 0.0405. The molecule has 1 aromatic rings. The lowest BCUT2D eigenvalue weighted by atomic mass is 10.1. The Bertz CT molecular complexity index is 621. The Morgan fingerprint density at radius 2 is 2.05 bits per heavy atom. The highest BCUT2D eigenvalue weighted by molar-refractivity contribution is 9.10. The molecule has 6 heteroatoms. The lowest BCUT2D eigenvalue weighted by Crippen LogP contribution is -2.24. The van der Waals surface area contributed by atoms with Crippen molar-refractivity contribution in [3.63, 3.8) is 0 Å². The molecular weight excluding hydrogens is 324 g/mol. The fourth-order valence-corrected chi connectivity index (χ4v) is 1.79. The Kier molecular flexibility index (Phi) is 5.40. The molecule has 0 aliphatic heterocycles. The summed E-state index contributed by atoms with van der Waals surface area (Å²) in [4.78, 5) is 27.0. The molecule has 0 heterocycles. The number of amides is 1. The fraction of sp³-hybridized carbons (Fsp3) is 0.0714. The van der Waals surface area contributed by atoms with Crippen LogP contribution in [-0.4, -0.2) is 23.7 Å². The van der Waals surface area contributed by atoms with Crippen molar-refractivity contribution in [1.29, 1.82) is 0 Å². The Hall–Kier alpha value is -2.21. The molecule has 1 amide bonds. The number of aliphatic imine (C=N–C) groups is 1. The van der Waals surface area contributed by atoms with E-state index in [0.717, 1.165) is 0 Å². The summed E-state index contributed by atoms with van der Waals surface area (Å²) in [5.41, 5.74) is 0.567. The number of carboxylic acids is 1. The van der Waals surface area contributed by atoms with Gasteiger partial charge in [0, 0.05) is 4.47 Å². The number of carbonyl (C=O) groups is 2. The topological polar surface area (TPSA) is 78.8 Å². The van der Waals surface area contributed by atoms with Gasteiger partial charge in [-0.05, 0) is 37.4 Å². The van der Waals surface area contributed by atoms with Gasteiger partial charge in [0.05, 0.1) is 11.1 Å². The van der Waals surface area contributed by atoms with Crippen LogP contribution in [0.5, 0.6) is 0 Å². The molecule has 0 saturated heterocycles. The maximum absolute atomic E-state index is 12.1. The van der Waals surface area contributed by atoms with E-state index in [2.05, 4.69) is 39.5 Å². The van der Waals surface area contributed by atoms with Crippen LogP contribution in [0.15, 0.2) is 51.7 Å². The summed E-state index contributed by atoms with van der Waals surface area (Å²) >= 11 is 3.17. The molecule has 0 fully saturated rings. The van der Waals surface area contributed by atoms with E-state index in [4.69, 9.17) is 5.11 Å². The van der Waals surface area contributed by atoms with Gasteiger partial charge in [0.25, 0.3) is 5.91 Å².